The Bertz CT molecular complexity index is 779. The highest BCUT2D eigenvalue weighted by atomic mass is 35.5. The number of rotatable bonds is 5. The van der Waals surface area contributed by atoms with E-state index < -0.39 is 22.9 Å². The fraction of sp³-hybridized carbons (Fsp3) is 0.125. The first-order valence-electron chi connectivity index (χ1n) is 6.89. The summed E-state index contributed by atoms with van der Waals surface area (Å²) in [6, 6.07) is 12.1. The molecule has 24 heavy (non-hydrogen) atoms. The van der Waals surface area contributed by atoms with Gasteiger partial charge in [0.15, 0.2) is 6.10 Å². The number of nitro benzene ring substituents is 1. The molecule has 1 N–H and O–H groups in total. The van der Waals surface area contributed by atoms with Crippen LogP contribution in [0.5, 0.6) is 0 Å². The summed E-state index contributed by atoms with van der Waals surface area (Å²) in [4.78, 5) is 34.1. The van der Waals surface area contributed by atoms with Crippen LogP contribution in [0.2, 0.25) is 5.02 Å². The van der Waals surface area contributed by atoms with Gasteiger partial charge in [-0.1, -0.05) is 29.8 Å². The zero-order valence-corrected chi connectivity index (χ0v) is 13.3. The first-order chi connectivity index (χ1) is 11.4. The van der Waals surface area contributed by atoms with Crippen molar-refractivity contribution in [3.8, 4) is 0 Å². The van der Waals surface area contributed by atoms with Gasteiger partial charge in [0.25, 0.3) is 11.6 Å². The average molecular weight is 349 g/mol. The van der Waals surface area contributed by atoms with Crippen molar-refractivity contribution in [1.29, 1.82) is 0 Å². The minimum atomic E-state index is -1.07. The molecule has 0 saturated carbocycles. The summed E-state index contributed by atoms with van der Waals surface area (Å²) in [5.74, 6) is -1.35. The summed E-state index contributed by atoms with van der Waals surface area (Å²) in [6.07, 6.45) is -1.07. The molecule has 1 atom stereocenters. The van der Waals surface area contributed by atoms with E-state index in [-0.39, 0.29) is 16.3 Å². The second-order valence-electron chi connectivity index (χ2n) is 4.82. The van der Waals surface area contributed by atoms with Gasteiger partial charge in [-0.25, -0.2) is 4.79 Å². The summed E-state index contributed by atoms with van der Waals surface area (Å²) >= 11 is 5.86. The van der Waals surface area contributed by atoms with Gasteiger partial charge < -0.3 is 10.1 Å². The van der Waals surface area contributed by atoms with Gasteiger partial charge in [-0.2, -0.15) is 0 Å². The van der Waals surface area contributed by atoms with Crippen LogP contribution >= 0.6 is 11.6 Å². The van der Waals surface area contributed by atoms with Crippen LogP contribution in [0.25, 0.3) is 0 Å². The number of hydrogen-bond acceptors (Lipinski definition) is 5. The lowest BCUT2D eigenvalue weighted by Crippen LogP contribution is -2.30. The maximum atomic E-state index is 12.1. The minimum absolute atomic E-state index is 0.0540. The lowest BCUT2D eigenvalue weighted by Gasteiger charge is -2.14. The minimum Gasteiger partial charge on any atom is -0.449 e. The third-order valence-corrected chi connectivity index (χ3v) is 3.39. The largest absolute Gasteiger partial charge is 0.449 e. The van der Waals surface area contributed by atoms with Crippen molar-refractivity contribution in [2.24, 2.45) is 0 Å². The molecule has 2 aromatic carbocycles. The van der Waals surface area contributed by atoms with E-state index in [2.05, 4.69) is 5.32 Å². The maximum absolute atomic E-state index is 12.1. The number of benzene rings is 2. The SMILES string of the molecule is C[C@H](OC(=O)c1ccc([N+](=O)[O-])cc1Cl)C(=O)Nc1ccccc1. The van der Waals surface area contributed by atoms with Crippen molar-refractivity contribution in [2.75, 3.05) is 5.32 Å². The number of hydrogen-bond donors (Lipinski definition) is 1. The van der Waals surface area contributed by atoms with Crippen LogP contribution in [0.3, 0.4) is 0 Å². The van der Waals surface area contributed by atoms with Crippen molar-refractivity contribution in [2.45, 2.75) is 13.0 Å². The second kappa shape index (κ2) is 7.56. The highest BCUT2D eigenvalue weighted by molar-refractivity contribution is 6.33. The number of carbonyl (C=O) groups is 2. The third-order valence-electron chi connectivity index (χ3n) is 3.08. The maximum Gasteiger partial charge on any atom is 0.340 e. The molecule has 2 rings (SSSR count). The second-order valence-corrected chi connectivity index (χ2v) is 5.23. The van der Waals surface area contributed by atoms with Crippen LogP contribution in [0, 0.1) is 10.1 Å². The fourth-order valence-electron chi connectivity index (χ4n) is 1.83. The summed E-state index contributed by atoms with van der Waals surface area (Å²) in [5.41, 5.74) is 0.270. The van der Waals surface area contributed by atoms with Gasteiger partial charge in [0.1, 0.15) is 0 Å². The number of nitrogens with zero attached hydrogens (tertiary/aromatic N) is 1. The van der Waals surface area contributed by atoms with Gasteiger partial charge in [-0.15, -0.1) is 0 Å². The first kappa shape index (κ1) is 17.4. The molecular formula is C16H13ClN2O5. The molecule has 1 amide bonds. The number of carbonyl (C=O) groups excluding carboxylic acids is 2. The Kier molecular flexibility index (Phi) is 5.49. The van der Waals surface area contributed by atoms with Crippen LogP contribution < -0.4 is 5.32 Å². The molecule has 0 fully saturated rings. The molecule has 8 heteroatoms. The molecule has 0 aliphatic carbocycles. The Morgan fingerprint density at radius 3 is 2.46 bits per heavy atom. The van der Waals surface area contributed by atoms with Gasteiger partial charge in [0, 0.05) is 17.8 Å². The van der Waals surface area contributed by atoms with Gasteiger partial charge in [0.05, 0.1) is 15.5 Å². The quantitative estimate of drug-likeness (QED) is 0.507. The van der Waals surface area contributed by atoms with Crippen molar-refractivity contribution >= 4 is 34.9 Å². The number of para-hydroxylation sites is 1. The smallest absolute Gasteiger partial charge is 0.340 e. The Morgan fingerprint density at radius 1 is 1.21 bits per heavy atom. The summed E-state index contributed by atoms with van der Waals surface area (Å²) < 4.78 is 5.05. The number of halogens is 1. The van der Waals surface area contributed by atoms with Crippen LogP contribution in [-0.2, 0) is 9.53 Å². The summed E-state index contributed by atoms with van der Waals surface area (Å²) in [6.45, 7) is 1.41. The van der Waals surface area contributed by atoms with Gasteiger partial charge in [-0.05, 0) is 25.1 Å². The van der Waals surface area contributed by atoms with Gasteiger partial charge in [0.2, 0.25) is 0 Å². The standard InChI is InChI=1S/C16H13ClN2O5/c1-10(15(20)18-11-5-3-2-4-6-11)24-16(21)13-8-7-12(19(22)23)9-14(13)17/h2-10H,1H3,(H,18,20)/t10-/m0/s1. The molecule has 0 bridgehead atoms. The Hall–Kier alpha value is -2.93. The zero-order chi connectivity index (χ0) is 17.7. The number of ether oxygens (including phenoxy) is 1. The van der Waals surface area contributed by atoms with E-state index in [1.165, 1.54) is 13.0 Å². The van der Waals surface area contributed by atoms with Crippen molar-refractivity contribution < 1.29 is 19.2 Å². The number of nitro groups is 1. The first-order valence-corrected chi connectivity index (χ1v) is 7.27. The molecule has 2 aromatic rings. The van der Waals surface area contributed by atoms with E-state index in [0.717, 1.165) is 12.1 Å². The number of non-ortho nitro benzene ring substituents is 1. The van der Waals surface area contributed by atoms with Crippen LogP contribution in [0.1, 0.15) is 17.3 Å². The number of esters is 1. The van der Waals surface area contributed by atoms with Crippen molar-refractivity contribution in [3.63, 3.8) is 0 Å². The van der Waals surface area contributed by atoms with E-state index in [4.69, 9.17) is 16.3 Å². The fourth-order valence-corrected chi connectivity index (χ4v) is 2.08. The Labute approximate surface area is 142 Å². The van der Waals surface area contributed by atoms with E-state index in [9.17, 15) is 19.7 Å². The molecule has 0 spiro atoms. The number of amides is 1. The van der Waals surface area contributed by atoms with Gasteiger partial charge in [-0.3, -0.25) is 14.9 Å². The number of anilines is 1. The molecule has 0 unspecified atom stereocenters. The number of nitrogens with one attached hydrogen (secondary N) is 1. The zero-order valence-electron chi connectivity index (χ0n) is 12.6. The Balaban J connectivity index is 2.03. The Morgan fingerprint density at radius 2 is 1.88 bits per heavy atom. The molecular weight excluding hydrogens is 336 g/mol. The van der Waals surface area contributed by atoms with Crippen LogP contribution in [0.4, 0.5) is 11.4 Å². The lowest BCUT2D eigenvalue weighted by atomic mass is 10.2. The van der Waals surface area contributed by atoms with E-state index in [1.807, 2.05) is 0 Å². The van der Waals surface area contributed by atoms with E-state index >= 15 is 0 Å². The van der Waals surface area contributed by atoms with Crippen LogP contribution in [0.15, 0.2) is 48.5 Å². The highest BCUT2D eigenvalue weighted by Crippen LogP contribution is 2.23. The van der Waals surface area contributed by atoms with Gasteiger partial charge >= 0.3 is 5.97 Å². The molecule has 124 valence electrons. The molecule has 0 aromatic heterocycles. The van der Waals surface area contributed by atoms with Crippen molar-refractivity contribution in [3.05, 3.63) is 69.2 Å². The molecule has 0 aliphatic heterocycles. The normalized spacial score (nSPS) is 11.4. The molecule has 0 heterocycles. The van der Waals surface area contributed by atoms with E-state index in [1.54, 1.807) is 30.3 Å². The molecule has 7 nitrogen and oxygen atoms in total. The molecule has 0 aliphatic rings. The lowest BCUT2D eigenvalue weighted by molar-refractivity contribution is -0.384. The third kappa shape index (κ3) is 4.30. The molecule has 0 saturated heterocycles. The average Bonchev–Trinajstić information content (AvgIpc) is 2.55. The van der Waals surface area contributed by atoms with E-state index in [0.29, 0.717) is 5.69 Å². The van der Waals surface area contributed by atoms with Crippen molar-refractivity contribution in [1.82, 2.24) is 0 Å². The monoisotopic (exact) mass is 348 g/mol. The highest BCUT2D eigenvalue weighted by Gasteiger charge is 2.22. The molecule has 0 radical (unpaired) electrons. The predicted molar refractivity (Wildman–Crippen MR) is 88.1 cm³/mol. The van der Waals surface area contributed by atoms with Crippen LogP contribution in [-0.4, -0.2) is 22.9 Å². The predicted octanol–water partition coefficient (Wildman–Crippen LogP) is 3.43. The summed E-state index contributed by atoms with van der Waals surface area (Å²) in [7, 11) is 0. The summed E-state index contributed by atoms with van der Waals surface area (Å²) in [5, 5.41) is 13.1. The topological polar surface area (TPSA) is 98.5 Å².